The number of anilines is 1. The number of carboxylic acids is 1. The average molecular weight is 280 g/mol. The van der Waals surface area contributed by atoms with E-state index in [9.17, 15) is 4.79 Å². The summed E-state index contributed by atoms with van der Waals surface area (Å²) in [6, 6.07) is 17.1. The summed E-state index contributed by atoms with van der Waals surface area (Å²) in [6.45, 7) is 0.659. The van der Waals surface area contributed by atoms with E-state index in [1.165, 1.54) is 0 Å². The van der Waals surface area contributed by atoms with Crippen LogP contribution in [-0.4, -0.2) is 18.1 Å². The lowest BCUT2D eigenvalue weighted by atomic mass is 10.1. The largest absolute Gasteiger partial charge is 0.481 e. The summed E-state index contributed by atoms with van der Waals surface area (Å²) in [4.78, 5) is 12.7. The monoisotopic (exact) mass is 280 g/mol. The molecule has 0 bridgehead atoms. The van der Waals surface area contributed by atoms with Gasteiger partial charge in [0.25, 0.3) is 0 Å². The van der Waals surface area contributed by atoms with Crippen LogP contribution in [0.5, 0.6) is 0 Å². The Balaban J connectivity index is 2.11. The van der Waals surface area contributed by atoms with Crippen LogP contribution in [0, 0.1) is 11.3 Å². The molecule has 0 unspecified atom stereocenters. The Bertz CT molecular complexity index is 672. The zero-order chi connectivity index (χ0) is 15.2. The van der Waals surface area contributed by atoms with Crippen molar-refractivity contribution in [1.29, 1.82) is 5.26 Å². The van der Waals surface area contributed by atoms with E-state index in [2.05, 4.69) is 6.07 Å². The molecule has 21 heavy (non-hydrogen) atoms. The maximum Gasteiger partial charge on any atom is 0.307 e. The van der Waals surface area contributed by atoms with Crippen molar-refractivity contribution in [3.63, 3.8) is 0 Å². The van der Waals surface area contributed by atoms with E-state index in [4.69, 9.17) is 10.4 Å². The maximum atomic E-state index is 10.6. The number of nitriles is 1. The van der Waals surface area contributed by atoms with Crippen LogP contribution in [0.15, 0.2) is 48.5 Å². The van der Waals surface area contributed by atoms with Gasteiger partial charge in [-0.25, -0.2) is 0 Å². The molecule has 0 aliphatic heterocycles. The van der Waals surface area contributed by atoms with Crippen LogP contribution in [0.1, 0.15) is 16.7 Å². The lowest BCUT2D eigenvalue weighted by molar-refractivity contribution is -0.136. The summed E-state index contributed by atoms with van der Waals surface area (Å²) < 4.78 is 0. The van der Waals surface area contributed by atoms with Crippen molar-refractivity contribution in [2.45, 2.75) is 13.0 Å². The lowest BCUT2D eigenvalue weighted by Crippen LogP contribution is -2.17. The summed E-state index contributed by atoms with van der Waals surface area (Å²) in [5.41, 5.74) is 3.38. The number of carboxylic acid groups (broad SMARTS) is 1. The zero-order valence-electron chi connectivity index (χ0n) is 11.8. The molecule has 1 N–H and O–H groups in total. The number of para-hydroxylation sites is 1. The molecule has 0 amide bonds. The Kier molecular flexibility index (Phi) is 4.57. The van der Waals surface area contributed by atoms with Gasteiger partial charge in [0, 0.05) is 13.6 Å². The molecule has 0 atom stereocenters. The third kappa shape index (κ3) is 3.83. The van der Waals surface area contributed by atoms with Crippen LogP contribution in [-0.2, 0) is 17.8 Å². The van der Waals surface area contributed by atoms with Crippen LogP contribution in [0.3, 0.4) is 0 Å². The van der Waals surface area contributed by atoms with E-state index in [1.807, 2.05) is 54.4 Å². The van der Waals surface area contributed by atoms with Gasteiger partial charge in [0.05, 0.1) is 17.7 Å². The second-order valence-corrected chi connectivity index (χ2v) is 4.87. The van der Waals surface area contributed by atoms with Gasteiger partial charge in [-0.2, -0.15) is 5.26 Å². The van der Waals surface area contributed by atoms with E-state index < -0.39 is 5.97 Å². The second kappa shape index (κ2) is 6.58. The Morgan fingerprint density at radius 2 is 1.76 bits per heavy atom. The molecule has 0 saturated carbocycles. The van der Waals surface area contributed by atoms with Crippen molar-refractivity contribution in [3.05, 3.63) is 65.2 Å². The number of nitrogens with zero attached hydrogens (tertiary/aromatic N) is 2. The van der Waals surface area contributed by atoms with Gasteiger partial charge in [-0.15, -0.1) is 0 Å². The second-order valence-electron chi connectivity index (χ2n) is 4.87. The van der Waals surface area contributed by atoms with Crippen molar-refractivity contribution in [3.8, 4) is 6.07 Å². The predicted octanol–water partition coefficient (Wildman–Crippen LogP) is 2.82. The number of hydrogen-bond acceptors (Lipinski definition) is 3. The van der Waals surface area contributed by atoms with Crippen LogP contribution < -0.4 is 4.90 Å². The van der Waals surface area contributed by atoms with Crippen LogP contribution >= 0.6 is 0 Å². The minimum atomic E-state index is -0.831. The summed E-state index contributed by atoms with van der Waals surface area (Å²) in [5.74, 6) is -0.831. The molecule has 0 aliphatic carbocycles. The molecule has 0 radical (unpaired) electrons. The third-order valence-corrected chi connectivity index (χ3v) is 3.23. The minimum Gasteiger partial charge on any atom is -0.481 e. The smallest absolute Gasteiger partial charge is 0.307 e. The van der Waals surface area contributed by atoms with Gasteiger partial charge in [-0.3, -0.25) is 4.79 Å². The normalized spacial score (nSPS) is 9.90. The van der Waals surface area contributed by atoms with Gasteiger partial charge < -0.3 is 10.0 Å². The molecular weight excluding hydrogens is 264 g/mol. The molecule has 4 heteroatoms. The Morgan fingerprint density at radius 1 is 1.14 bits per heavy atom. The van der Waals surface area contributed by atoms with E-state index in [0.29, 0.717) is 12.1 Å². The van der Waals surface area contributed by atoms with Gasteiger partial charge in [-0.05, 0) is 23.3 Å². The highest BCUT2D eigenvalue weighted by atomic mass is 16.4. The zero-order valence-corrected chi connectivity index (χ0v) is 11.8. The SMILES string of the molecule is CN(Cc1ccc(CC(=O)O)cc1)c1ccccc1C#N. The molecule has 2 rings (SSSR count). The number of aliphatic carboxylic acids is 1. The van der Waals surface area contributed by atoms with Gasteiger partial charge in [-0.1, -0.05) is 36.4 Å². The summed E-state index contributed by atoms with van der Waals surface area (Å²) in [5, 5.41) is 17.9. The van der Waals surface area contributed by atoms with Crippen LogP contribution in [0.4, 0.5) is 5.69 Å². The lowest BCUT2D eigenvalue weighted by Gasteiger charge is -2.20. The van der Waals surface area contributed by atoms with Crippen molar-refractivity contribution in [1.82, 2.24) is 0 Å². The number of carbonyl (C=O) groups is 1. The first-order valence-corrected chi connectivity index (χ1v) is 6.60. The molecule has 0 heterocycles. The standard InChI is InChI=1S/C17H16N2O2/c1-19(16-5-3-2-4-15(16)11-18)12-14-8-6-13(7-9-14)10-17(20)21/h2-9H,10,12H2,1H3,(H,20,21). The Morgan fingerprint density at radius 3 is 2.38 bits per heavy atom. The number of rotatable bonds is 5. The Labute approximate surface area is 123 Å². The van der Waals surface area contributed by atoms with Gasteiger partial charge in [0.1, 0.15) is 6.07 Å². The van der Waals surface area contributed by atoms with Crippen molar-refractivity contribution in [2.24, 2.45) is 0 Å². The fourth-order valence-corrected chi connectivity index (χ4v) is 2.20. The fourth-order valence-electron chi connectivity index (χ4n) is 2.20. The minimum absolute atomic E-state index is 0.0351. The summed E-state index contributed by atoms with van der Waals surface area (Å²) in [6.07, 6.45) is 0.0351. The summed E-state index contributed by atoms with van der Waals surface area (Å²) >= 11 is 0. The average Bonchev–Trinajstić information content (AvgIpc) is 2.48. The quantitative estimate of drug-likeness (QED) is 0.914. The van der Waals surface area contributed by atoms with Crippen LogP contribution in [0.25, 0.3) is 0 Å². The maximum absolute atomic E-state index is 10.6. The molecule has 0 saturated heterocycles. The highest BCUT2D eigenvalue weighted by Gasteiger charge is 2.07. The van der Waals surface area contributed by atoms with Crippen molar-refractivity contribution in [2.75, 3.05) is 11.9 Å². The first-order chi connectivity index (χ1) is 10.1. The van der Waals surface area contributed by atoms with Crippen molar-refractivity contribution >= 4 is 11.7 Å². The number of hydrogen-bond donors (Lipinski definition) is 1. The topological polar surface area (TPSA) is 64.3 Å². The Hall–Kier alpha value is -2.80. The molecule has 4 nitrogen and oxygen atoms in total. The molecular formula is C17H16N2O2. The molecule has 2 aromatic carbocycles. The van der Waals surface area contributed by atoms with Crippen molar-refractivity contribution < 1.29 is 9.90 Å². The van der Waals surface area contributed by atoms with E-state index in [0.717, 1.165) is 16.8 Å². The fraction of sp³-hybridized carbons (Fsp3) is 0.176. The van der Waals surface area contributed by atoms with Gasteiger partial charge in [0.2, 0.25) is 0 Å². The molecule has 0 spiro atoms. The molecule has 106 valence electrons. The highest BCUT2D eigenvalue weighted by molar-refractivity contribution is 5.70. The number of benzene rings is 2. The van der Waals surface area contributed by atoms with Gasteiger partial charge >= 0.3 is 5.97 Å². The molecule has 2 aromatic rings. The molecule has 0 aliphatic rings. The first kappa shape index (κ1) is 14.6. The molecule has 0 fully saturated rings. The van der Waals surface area contributed by atoms with Crippen LogP contribution in [0.2, 0.25) is 0 Å². The third-order valence-electron chi connectivity index (χ3n) is 3.23. The first-order valence-electron chi connectivity index (χ1n) is 6.60. The van der Waals surface area contributed by atoms with E-state index >= 15 is 0 Å². The van der Waals surface area contributed by atoms with E-state index in [-0.39, 0.29) is 6.42 Å². The van der Waals surface area contributed by atoms with E-state index in [1.54, 1.807) is 6.07 Å². The summed E-state index contributed by atoms with van der Waals surface area (Å²) in [7, 11) is 1.93. The highest BCUT2D eigenvalue weighted by Crippen LogP contribution is 2.20. The van der Waals surface area contributed by atoms with Gasteiger partial charge in [0.15, 0.2) is 0 Å². The predicted molar refractivity (Wildman–Crippen MR) is 81.0 cm³/mol. The molecule has 0 aromatic heterocycles.